The van der Waals surface area contributed by atoms with Crippen molar-refractivity contribution in [1.29, 1.82) is 0 Å². The zero-order valence-corrected chi connectivity index (χ0v) is 40.5. The summed E-state index contributed by atoms with van der Waals surface area (Å²) >= 11 is 2.01. The second-order valence-corrected chi connectivity index (χ2v) is 24.3. The minimum Gasteiger partial charge on any atom is -0.311 e. The van der Waals surface area contributed by atoms with Crippen LogP contribution in [0.3, 0.4) is 0 Å². The van der Waals surface area contributed by atoms with Gasteiger partial charge in [0.2, 0.25) is 0 Å². The van der Waals surface area contributed by atoms with E-state index in [4.69, 9.17) is 0 Å². The Labute approximate surface area is 381 Å². The molecule has 0 amide bonds. The van der Waals surface area contributed by atoms with Gasteiger partial charge < -0.3 is 9.80 Å². The van der Waals surface area contributed by atoms with E-state index < -0.39 is 0 Å². The second kappa shape index (κ2) is 13.5. The summed E-state index contributed by atoms with van der Waals surface area (Å²) in [4.78, 5) is 5.38. The Kier molecular flexibility index (Phi) is 8.72. The van der Waals surface area contributed by atoms with Crippen molar-refractivity contribution in [3.05, 3.63) is 149 Å². The van der Waals surface area contributed by atoms with Crippen LogP contribution in [0.4, 0.5) is 34.1 Å². The summed E-state index contributed by atoms with van der Waals surface area (Å²) in [6, 6.07) is 45.5. The average molecular weight is 843 g/mol. The maximum atomic E-state index is 2.70. The van der Waals surface area contributed by atoms with E-state index in [0.717, 1.165) is 0 Å². The summed E-state index contributed by atoms with van der Waals surface area (Å²) in [5, 5.41) is 1.33. The van der Waals surface area contributed by atoms with Crippen LogP contribution in [0.1, 0.15) is 135 Å². The summed E-state index contributed by atoms with van der Waals surface area (Å²) in [6.07, 6.45) is 4.77. The fraction of sp³-hybridized carbons (Fsp3) is 0.356. The molecule has 3 heterocycles. The maximum Gasteiger partial charge on any atom is 0.264 e. The molecule has 2 aliphatic carbocycles. The third-order valence-corrected chi connectivity index (χ3v) is 17.2. The molecule has 0 N–H and O–H groups in total. The lowest BCUT2D eigenvalue weighted by Gasteiger charge is -2.47. The van der Waals surface area contributed by atoms with Crippen molar-refractivity contribution in [3.8, 4) is 11.1 Å². The first-order chi connectivity index (χ1) is 29.7. The lowest BCUT2D eigenvalue weighted by Crippen LogP contribution is -2.61. The molecule has 6 aromatic carbocycles. The van der Waals surface area contributed by atoms with E-state index in [9.17, 15) is 0 Å². The van der Waals surface area contributed by atoms with Gasteiger partial charge in [-0.1, -0.05) is 143 Å². The third kappa shape index (κ3) is 6.10. The van der Waals surface area contributed by atoms with E-state index in [1.807, 2.05) is 11.3 Å². The highest BCUT2D eigenvalue weighted by atomic mass is 32.1. The van der Waals surface area contributed by atoms with Crippen LogP contribution in [0, 0.1) is 6.92 Å². The van der Waals surface area contributed by atoms with Crippen molar-refractivity contribution in [2.75, 3.05) is 9.80 Å². The van der Waals surface area contributed by atoms with Gasteiger partial charge >= 0.3 is 0 Å². The summed E-state index contributed by atoms with van der Waals surface area (Å²) in [5.41, 5.74) is 22.2. The smallest absolute Gasteiger partial charge is 0.264 e. The topological polar surface area (TPSA) is 6.48 Å². The van der Waals surface area contributed by atoms with Crippen LogP contribution in [-0.4, -0.2) is 6.71 Å². The first-order valence-corrected chi connectivity index (χ1v) is 24.4. The lowest BCUT2D eigenvalue weighted by atomic mass is 9.35. The Morgan fingerprint density at radius 1 is 0.540 bits per heavy atom. The molecular weight excluding hydrogens is 780 g/mol. The number of rotatable bonds is 3. The van der Waals surface area contributed by atoms with Gasteiger partial charge in [-0.3, -0.25) is 0 Å². The van der Waals surface area contributed by atoms with Crippen molar-refractivity contribution < 1.29 is 0 Å². The van der Waals surface area contributed by atoms with Gasteiger partial charge in [0.1, 0.15) is 0 Å². The van der Waals surface area contributed by atoms with E-state index in [1.165, 1.54) is 130 Å². The molecule has 7 aromatic rings. The van der Waals surface area contributed by atoms with Crippen molar-refractivity contribution in [1.82, 2.24) is 0 Å². The Morgan fingerprint density at radius 3 is 1.79 bits per heavy atom. The zero-order chi connectivity index (χ0) is 44.2. The van der Waals surface area contributed by atoms with Gasteiger partial charge in [-0.05, 0) is 158 Å². The van der Waals surface area contributed by atoms with Crippen LogP contribution in [0.2, 0.25) is 0 Å². The summed E-state index contributed by atoms with van der Waals surface area (Å²) in [7, 11) is 0. The lowest BCUT2D eigenvalue weighted by molar-refractivity contribution is 0.332. The van der Waals surface area contributed by atoms with E-state index in [-0.39, 0.29) is 33.8 Å². The Morgan fingerprint density at radius 2 is 1.13 bits per heavy atom. The largest absolute Gasteiger partial charge is 0.311 e. The number of nitrogens with zero attached hydrogens (tertiary/aromatic N) is 2. The molecular formula is C59H63BN2S. The van der Waals surface area contributed by atoms with Crippen molar-refractivity contribution >= 4 is 78.0 Å². The number of benzene rings is 6. The second-order valence-electron chi connectivity index (χ2n) is 23.2. The number of hydrogen-bond donors (Lipinski definition) is 0. The quantitative estimate of drug-likeness (QED) is 0.164. The molecule has 4 aliphatic rings. The number of hydrogen-bond acceptors (Lipinski definition) is 3. The minimum absolute atomic E-state index is 0.00212. The molecule has 1 aromatic heterocycles. The van der Waals surface area contributed by atoms with Gasteiger partial charge in [-0.25, -0.2) is 0 Å². The fourth-order valence-electron chi connectivity index (χ4n) is 11.9. The molecule has 0 atom stereocenters. The number of aryl methyl sites for hydroxylation is 1. The van der Waals surface area contributed by atoms with Gasteiger partial charge in [-0.2, -0.15) is 0 Å². The molecule has 0 bridgehead atoms. The SMILES string of the molecule is Cc1cc2c3c(c1)N(c1ccc(C(C)(C)C)cc1-c1ccccc1)c1c(sc4ccccc14)B3c1cc3c(cc1N2c1ccc2c(c1)C(C)(C)CCC2(C)C)C(C)(C)CCC3(C)C. The molecule has 0 fully saturated rings. The maximum absolute atomic E-state index is 2.70. The van der Waals surface area contributed by atoms with E-state index in [2.05, 4.69) is 208 Å². The van der Waals surface area contributed by atoms with E-state index in [1.54, 1.807) is 0 Å². The van der Waals surface area contributed by atoms with E-state index >= 15 is 0 Å². The predicted molar refractivity (Wildman–Crippen MR) is 275 cm³/mol. The highest BCUT2D eigenvalue weighted by Gasteiger charge is 2.48. The molecule has 0 radical (unpaired) electrons. The first-order valence-electron chi connectivity index (χ1n) is 23.6. The number of thiophene rings is 1. The Bertz CT molecular complexity index is 3030. The van der Waals surface area contributed by atoms with Crippen LogP contribution in [0.5, 0.6) is 0 Å². The highest BCUT2D eigenvalue weighted by molar-refractivity contribution is 7.33. The van der Waals surface area contributed by atoms with Gasteiger partial charge in [0.15, 0.2) is 0 Å². The minimum atomic E-state index is 0.00212. The summed E-state index contributed by atoms with van der Waals surface area (Å²) < 4.78 is 2.78. The molecule has 0 spiro atoms. The standard InChI is InChI=1S/C59H63BN2S/c1-36-30-49-52-50(31-36)62(47-25-22-38(55(2,3)4)32-41(47)37-18-14-13-15-19-37)53-40-20-16-17-21-51(40)63-54(53)60(52)46-34-44-45(59(11,12)29-28-58(44,9)10)35-48(46)61(49)39-23-24-42-43(33-39)57(7,8)27-26-56(42,5)6/h13-25,30-35H,26-29H2,1-12H3. The van der Waals surface area contributed by atoms with E-state index in [0.29, 0.717) is 0 Å². The van der Waals surface area contributed by atoms with Gasteiger partial charge in [0.25, 0.3) is 6.71 Å². The van der Waals surface area contributed by atoms with Gasteiger partial charge in [0, 0.05) is 43.2 Å². The molecule has 11 rings (SSSR count). The van der Waals surface area contributed by atoms with Crippen LogP contribution in [-0.2, 0) is 27.1 Å². The molecule has 63 heavy (non-hydrogen) atoms. The normalized spacial score (nSPS) is 18.6. The van der Waals surface area contributed by atoms with Crippen molar-refractivity contribution in [3.63, 3.8) is 0 Å². The highest BCUT2D eigenvalue weighted by Crippen LogP contribution is 2.54. The predicted octanol–water partition coefficient (Wildman–Crippen LogP) is 15.0. The number of anilines is 6. The molecule has 2 aliphatic heterocycles. The fourth-order valence-corrected chi connectivity index (χ4v) is 13.2. The van der Waals surface area contributed by atoms with Gasteiger partial charge in [-0.15, -0.1) is 11.3 Å². The molecule has 0 saturated heterocycles. The van der Waals surface area contributed by atoms with Crippen molar-refractivity contribution in [2.45, 2.75) is 136 Å². The molecule has 4 heteroatoms. The Hall–Kier alpha value is -5.06. The van der Waals surface area contributed by atoms with Crippen LogP contribution in [0.25, 0.3) is 21.2 Å². The Balaban J connectivity index is 1.27. The third-order valence-electron chi connectivity index (χ3n) is 16.0. The number of fused-ring (bicyclic) bond motifs is 8. The summed E-state index contributed by atoms with van der Waals surface area (Å²) in [5.74, 6) is 0. The molecule has 0 unspecified atom stereocenters. The van der Waals surface area contributed by atoms with Crippen LogP contribution < -0.4 is 25.5 Å². The summed E-state index contributed by atoms with van der Waals surface area (Å²) in [6.45, 7) is 29.2. The molecule has 2 nitrogen and oxygen atoms in total. The molecule has 318 valence electrons. The van der Waals surface area contributed by atoms with Gasteiger partial charge in [0.05, 0.1) is 11.4 Å². The zero-order valence-electron chi connectivity index (χ0n) is 39.7. The van der Waals surface area contributed by atoms with Crippen molar-refractivity contribution in [2.24, 2.45) is 0 Å². The average Bonchev–Trinajstić information content (AvgIpc) is 3.62. The van der Waals surface area contributed by atoms with Crippen LogP contribution in [0.15, 0.2) is 115 Å². The monoisotopic (exact) mass is 842 g/mol. The molecule has 0 saturated carbocycles. The van der Waals surface area contributed by atoms with Crippen LogP contribution >= 0.6 is 11.3 Å². The first kappa shape index (κ1) is 40.7.